The summed E-state index contributed by atoms with van der Waals surface area (Å²) in [5.74, 6) is 0. The molecule has 1 fully saturated rings. The lowest BCUT2D eigenvalue weighted by atomic mass is 9.94. The van der Waals surface area contributed by atoms with Crippen LogP contribution in [-0.2, 0) is 5.60 Å². The molecule has 1 atom stereocenters. The SMILES string of the molecule is Cc1cncc([C@@]2(O)CCNC2)c1. The van der Waals surface area contributed by atoms with Crippen molar-refractivity contribution in [2.24, 2.45) is 0 Å². The standard InChI is InChI=1S/C10H14N2O/c1-8-4-9(6-12-5-8)10(13)2-3-11-7-10/h4-6,11,13H,2-3,7H2,1H3/t10-/m1/s1. The fraction of sp³-hybridized carbons (Fsp3) is 0.500. The summed E-state index contributed by atoms with van der Waals surface area (Å²) >= 11 is 0. The summed E-state index contributed by atoms with van der Waals surface area (Å²) in [6, 6.07) is 2.00. The average molecular weight is 178 g/mol. The van der Waals surface area contributed by atoms with Crippen LogP contribution in [0.25, 0.3) is 0 Å². The van der Waals surface area contributed by atoms with Gasteiger partial charge in [0.15, 0.2) is 0 Å². The summed E-state index contributed by atoms with van der Waals surface area (Å²) in [7, 11) is 0. The molecule has 1 aromatic rings. The lowest BCUT2D eigenvalue weighted by Crippen LogP contribution is -2.28. The van der Waals surface area contributed by atoms with Crippen molar-refractivity contribution in [2.75, 3.05) is 13.1 Å². The lowest BCUT2D eigenvalue weighted by molar-refractivity contribution is 0.0583. The van der Waals surface area contributed by atoms with Crippen LogP contribution in [-0.4, -0.2) is 23.2 Å². The van der Waals surface area contributed by atoms with Crippen molar-refractivity contribution in [3.8, 4) is 0 Å². The van der Waals surface area contributed by atoms with Gasteiger partial charge in [0.05, 0.1) is 0 Å². The number of rotatable bonds is 1. The van der Waals surface area contributed by atoms with Gasteiger partial charge in [0, 0.05) is 24.5 Å². The van der Waals surface area contributed by atoms with Crippen LogP contribution in [0.2, 0.25) is 0 Å². The zero-order valence-electron chi connectivity index (χ0n) is 7.75. The fourth-order valence-corrected chi connectivity index (χ4v) is 1.73. The van der Waals surface area contributed by atoms with E-state index >= 15 is 0 Å². The molecule has 2 N–H and O–H groups in total. The summed E-state index contributed by atoms with van der Waals surface area (Å²) in [6.07, 6.45) is 4.33. The maximum absolute atomic E-state index is 10.2. The number of aliphatic hydroxyl groups is 1. The molecular formula is C10H14N2O. The third-order valence-electron chi connectivity index (χ3n) is 2.55. The fourth-order valence-electron chi connectivity index (χ4n) is 1.73. The van der Waals surface area contributed by atoms with Gasteiger partial charge in [-0.15, -0.1) is 0 Å². The number of β-amino-alcohol motifs (C(OH)–C–C–N with tert-alkyl or cyclic N) is 1. The Hall–Kier alpha value is -0.930. The van der Waals surface area contributed by atoms with E-state index in [0.29, 0.717) is 6.54 Å². The number of aromatic nitrogens is 1. The molecule has 0 amide bonds. The number of aryl methyl sites for hydroxylation is 1. The zero-order chi connectivity index (χ0) is 9.31. The molecule has 3 heteroatoms. The van der Waals surface area contributed by atoms with Gasteiger partial charge in [0.25, 0.3) is 0 Å². The molecular weight excluding hydrogens is 164 g/mol. The van der Waals surface area contributed by atoms with Crippen molar-refractivity contribution in [1.82, 2.24) is 10.3 Å². The first kappa shape index (κ1) is 8.66. The molecule has 13 heavy (non-hydrogen) atoms. The molecule has 3 nitrogen and oxygen atoms in total. The maximum atomic E-state index is 10.2. The van der Waals surface area contributed by atoms with Gasteiger partial charge in [0.2, 0.25) is 0 Å². The molecule has 0 aliphatic carbocycles. The van der Waals surface area contributed by atoms with Crippen molar-refractivity contribution >= 4 is 0 Å². The van der Waals surface area contributed by atoms with Gasteiger partial charge in [-0.1, -0.05) is 6.07 Å². The van der Waals surface area contributed by atoms with Crippen molar-refractivity contribution < 1.29 is 5.11 Å². The highest BCUT2D eigenvalue weighted by Crippen LogP contribution is 2.27. The number of hydrogen-bond donors (Lipinski definition) is 2. The number of nitrogens with one attached hydrogen (secondary N) is 1. The largest absolute Gasteiger partial charge is 0.384 e. The molecule has 1 saturated heterocycles. The highest BCUT2D eigenvalue weighted by atomic mass is 16.3. The molecule has 1 aliphatic heterocycles. The van der Waals surface area contributed by atoms with Gasteiger partial charge in [-0.25, -0.2) is 0 Å². The predicted molar refractivity (Wildman–Crippen MR) is 50.4 cm³/mol. The first-order chi connectivity index (χ1) is 6.21. The average Bonchev–Trinajstić information content (AvgIpc) is 2.54. The molecule has 0 unspecified atom stereocenters. The Kier molecular flexibility index (Phi) is 2.06. The van der Waals surface area contributed by atoms with E-state index in [1.54, 1.807) is 12.4 Å². The Morgan fingerprint density at radius 2 is 2.38 bits per heavy atom. The van der Waals surface area contributed by atoms with Crippen molar-refractivity contribution in [3.63, 3.8) is 0 Å². The molecule has 0 aromatic carbocycles. The Morgan fingerprint density at radius 1 is 1.54 bits per heavy atom. The van der Waals surface area contributed by atoms with Crippen LogP contribution in [0.1, 0.15) is 17.5 Å². The molecule has 1 aliphatic rings. The first-order valence-corrected chi connectivity index (χ1v) is 4.56. The van der Waals surface area contributed by atoms with E-state index in [1.807, 2.05) is 13.0 Å². The smallest absolute Gasteiger partial charge is 0.105 e. The molecule has 1 aromatic heterocycles. The quantitative estimate of drug-likeness (QED) is 0.661. The third kappa shape index (κ3) is 1.57. The summed E-state index contributed by atoms with van der Waals surface area (Å²) in [5, 5.41) is 13.3. The van der Waals surface area contributed by atoms with Gasteiger partial charge in [-0.05, 0) is 25.5 Å². The number of pyridine rings is 1. The minimum Gasteiger partial charge on any atom is -0.384 e. The van der Waals surface area contributed by atoms with Crippen molar-refractivity contribution in [3.05, 3.63) is 29.6 Å². The van der Waals surface area contributed by atoms with Crippen LogP contribution < -0.4 is 5.32 Å². The van der Waals surface area contributed by atoms with E-state index < -0.39 is 5.60 Å². The number of nitrogens with zero attached hydrogens (tertiary/aromatic N) is 1. The van der Waals surface area contributed by atoms with Crippen LogP contribution in [0, 0.1) is 6.92 Å². The van der Waals surface area contributed by atoms with Gasteiger partial charge in [-0.3, -0.25) is 4.98 Å². The lowest BCUT2D eigenvalue weighted by Gasteiger charge is -2.21. The Labute approximate surface area is 77.8 Å². The monoisotopic (exact) mass is 178 g/mol. The Balaban J connectivity index is 2.33. The van der Waals surface area contributed by atoms with E-state index in [9.17, 15) is 5.11 Å². The van der Waals surface area contributed by atoms with Crippen LogP contribution in [0.4, 0.5) is 0 Å². The minimum atomic E-state index is -0.695. The van der Waals surface area contributed by atoms with E-state index in [1.165, 1.54) is 0 Å². The minimum absolute atomic E-state index is 0.637. The summed E-state index contributed by atoms with van der Waals surface area (Å²) in [6.45, 7) is 3.50. The van der Waals surface area contributed by atoms with Crippen LogP contribution in [0.3, 0.4) is 0 Å². The molecule has 70 valence electrons. The van der Waals surface area contributed by atoms with E-state index in [-0.39, 0.29) is 0 Å². The summed E-state index contributed by atoms with van der Waals surface area (Å²) < 4.78 is 0. The second-order valence-corrected chi connectivity index (χ2v) is 3.71. The first-order valence-electron chi connectivity index (χ1n) is 4.56. The zero-order valence-corrected chi connectivity index (χ0v) is 7.75. The second kappa shape index (κ2) is 3.09. The Morgan fingerprint density at radius 3 is 3.00 bits per heavy atom. The normalized spacial score (nSPS) is 27.8. The Bertz CT molecular complexity index is 306. The van der Waals surface area contributed by atoms with E-state index in [0.717, 1.165) is 24.1 Å². The molecule has 0 spiro atoms. The van der Waals surface area contributed by atoms with E-state index in [4.69, 9.17) is 0 Å². The highest BCUT2D eigenvalue weighted by molar-refractivity contribution is 5.24. The molecule has 2 heterocycles. The third-order valence-corrected chi connectivity index (χ3v) is 2.55. The summed E-state index contributed by atoms with van der Waals surface area (Å²) in [5.41, 5.74) is 1.33. The van der Waals surface area contributed by atoms with Gasteiger partial charge < -0.3 is 10.4 Å². The van der Waals surface area contributed by atoms with Gasteiger partial charge in [-0.2, -0.15) is 0 Å². The summed E-state index contributed by atoms with van der Waals surface area (Å²) in [4.78, 5) is 4.09. The highest BCUT2D eigenvalue weighted by Gasteiger charge is 2.33. The maximum Gasteiger partial charge on any atom is 0.105 e. The van der Waals surface area contributed by atoms with Crippen LogP contribution >= 0.6 is 0 Å². The van der Waals surface area contributed by atoms with Crippen molar-refractivity contribution in [1.29, 1.82) is 0 Å². The van der Waals surface area contributed by atoms with Crippen LogP contribution in [0.5, 0.6) is 0 Å². The van der Waals surface area contributed by atoms with Gasteiger partial charge in [0.1, 0.15) is 5.60 Å². The van der Waals surface area contributed by atoms with Crippen molar-refractivity contribution in [2.45, 2.75) is 18.9 Å². The molecule has 0 radical (unpaired) electrons. The number of hydrogen-bond acceptors (Lipinski definition) is 3. The predicted octanol–water partition coefficient (Wildman–Crippen LogP) is 0.571. The second-order valence-electron chi connectivity index (χ2n) is 3.71. The molecule has 2 rings (SSSR count). The molecule has 0 bridgehead atoms. The van der Waals surface area contributed by atoms with E-state index in [2.05, 4.69) is 10.3 Å². The topological polar surface area (TPSA) is 45.2 Å². The molecule has 0 saturated carbocycles. The van der Waals surface area contributed by atoms with Crippen LogP contribution in [0.15, 0.2) is 18.5 Å². The van der Waals surface area contributed by atoms with Gasteiger partial charge >= 0.3 is 0 Å².